The van der Waals surface area contributed by atoms with Gasteiger partial charge in [-0.25, -0.2) is 19.9 Å². The Bertz CT molecular complexity index is 689. The van der Waals surface area contributed by atoms with E-state index in [1.807, 2.05) is 6.07 Å². The number of rotatable bonds is 4. The molecule has 0 saturated carbocycles. The predicted molar refractivity (Wildman–Crippen MR) is 86.5 cm³/mol. The molecular formula is C17H18N6. The molecule has 0 fully saturated rings. The molecule has 0 aliphatic rings. The third-order valence-corrected chi connectivity index (χ3v) is 3.07. The number of nitrogens with zero attached hydrogens (tertiary/aromatic N) is 6. The lowest BCUT2D eigenvalue weighted by Gasteiger charge is -2.04. The van der Waals surface area contributed by atoms with E-state index in [1.54, 1.807) is 24.8 Å². The first-order valence-corrected chi connectivity index (χ1v) is 7.25. The maximum Gasteiger partial charge on any atom is 0.115 e. The summed E-state index contributed by atoms with van der Waals surface area (Å²) >= 11 is 0. The Morgan fingerprint density at radius 3 is 1.87 bits per heavy atom. The molecule has 0 aliphatic carbocycles. The van der Waals surface area contributed by atoms with Crippen molar-refractivity contribution in [3.63, 3.8) is 0 Å². The third-order valence-electron chi connectivity index (χ3n) is 3.07. The maximum atomic E-state index is 9.05. The van der Waals surface area contributed by atoms with Crippen LogP contribution in [0.2, 0.25) is 0 Å². The van der Waals surface area contributed by atoms with Crippen LogP contribution >= 0.6 is 0 Å². The van der Waals surface area contributed by atoms with Gasteiger partial charge in [0.05, 0.1) is 24.1 Å². The predicted octanol–water partition coefficient (Wildman–Crippen LogP) is 3.12. The van der Waals surface area contributed by atoms with Crippen LogP contribution in [0.5, 0.6) is 0 Å². The van der Waals surface area contributed by atoms with E-state index in [1.165, 1.54) is 12.7 Å². The van der Waals surface area contributed by atoms with Gasteiger partial charge < -0.3 is 0 Å². The van der Waals surface area contributed by atoms with Crippen LogP contribution in [0.4, 0.5) is 0 Å². The van der Waals surface area contributed by atoms with Gasteiger partial charge in [0.2, 0.25) is 0 Å². The van der Waals surface area contributed by atoms with Gasteiger partial charge in [-0.05, 0) is 12.8 Å². The van der Waals surface area contributed by atoms with Crippen LogP contribution in [0.25, 0.3) is 5.57 Å². The average Bonchev–Trinajstić information content (AvgIpc) is 2.62. The third kappa shape index (κ3) is 6.03. The number of hydrogen-bond donors (Lipinski definition) is 0. The van der Waals surface area contributed by atoms with Crippen LogP contribution in [-0.2, 0) is 6.42 Å². The van der Waals surface area contributed by atoms with Gasteiger partial charge in [0.15, 0.2) is 0 Å². The largest absolute Gasteiger partial charge is 0.245 e. The fraction of sp³-hybridized carbons (Fsp3) is 0.294. The smallest absolute Gasteiger partial charge is 0.115 e. The van der Waals surface area contributed by atoms with Gasteiger partial charge in [-0.2, -0.15) is 10.5 Å². The summed E-state index contributed by atoms with van der Waals surface area (Å²) in [5, 5.41) is 17.3. The molecule has 0 aliphatic heterocycles. The molecule has 0 aromatic carbocycles. The van der Waals surface area contributed by atoms with Gasteiger partial charge in [-0.15, -0.1) is 0 Å². The van der Waals surface area contributed by atoms with Crippen LogP contribution in [0.3, 0.4) is 0 Å². The highest BCUT2D eigenvalue weighted by molar-refractivity contribution is 5.78. The zero-order chi connectivity index (χ0) is 16.9. The highest BCUT2D eigenvalue weighted by Crippen LogP contribution is 2.20. The van der Waals surface area contributed by atoms with E-state index in [0.717, 1.165) is 35.1 Å². The molecule has 0 unspecified atom stereocenters. The molecular weight excluding hydrogens is 288 g/mol. The van der Waals surface area contributed by atoms with Gasteiger partial charge in [0.25, 0.3) is 0 Å². The van der Waals surface area contributed by atoms with Crippen molar-refractivity contribution in [2.75, 3.05) is 0 Å². The monoisotopic (exact) mass is 306 g/mol. The van der Waals surface area contributed by atoms with Crippen LogP contribution in [0.1, 0.15) is 37.8 Å². The Kier molecular flexibility index (Phi) is 8.25. The maximum absolute atomic E-state index is 9.05. The number of nitriles is 2. The second-order valence-corrected chi connectivity index (χ2v) is 4.51. The standard InChI is InChI=1S/C11H13N3.C6H5N3/c1-3-9(4-2)11(5-12)10-6-13-8-14-7-10;7-2-1-6-3-8-5-9-4-6/h6-8H,3-4H2,1-2H3;3-5H,1H2. The van der Waals surface area contributed by atoms with E-state index in [9.17, 15) is 0 Å². The Morgan fingerprint density at radius 2 is 1.43 bits per heavy atom. The van der Waals surface area contributed by atoms with E-state index in [4.69, 9.17) is 10.5 Å². The first-order valence-electron chi connectivity index (χ1n) is 7.25. The molecule has 2 rings (SSSR count). The van der Waals surface area contributed by atoms with Crippen molar-refractivity contribution in [2.24, 2.45) is 0 Å². The Hall–Kier alpha value is -3.12. The van der Waals surface area contributed by atoms with Crippen molar-refractivity contribution in [3.8, 4) is 12.1 Å². The van der Waals surface area contributed by atoms with Gasteiger partial charge in [0.1, 0.15) is 12.7 Å². The molecule has 6 nitrogen and oxygen atoms in total. The van der Waals surface area contributed by atoms with Crippen molar-refractivity contribution >= 4 is 5.57 Å². The highest BCUT2D eigenvalue weighted by Gasteiger charge is 2.06. The molecule has 116 valence electrons. The Balaban J connectivity index is 0.000000253. The molecule has 0 saturated heterocycles. The Labute approximate surface area is 136 Å². The molecule has 2 heterocycles. The minimum absolute atomic E-state index is 0.390. The van der Waals surface area contributed by atoms with Crippen LogP contribution in [-0.4, -0.2) is 19.9 Å². The van der Waals surface area contributed by atoms with E-state index in [2.05, 4.69) is 39.9 Å². The highest BCUT2D eigenvalue weighted by atomic mass is 14.8. The number of aromatic nitrogens is 4. The zero-order valence-electron chi connectivity index (χ0n) is 13.3. The van der Waals surface area contributed by atoms with Crippen LogP contribution < -0.4 is 0 Å². The van der Waals surface area contributed by atoms with Gasteiger partial charge >= 0.3 is 0 Å². The van der Waals surface area contributed by atoms with Crippen molar-refractivity contribution < 1.29 is 0 Å². The van der Waals surface area contributed by atoms with Crippen LogP contribution in [0.15, 0.2) is 43.0 Å². The molecule has 2 aromatic rings. The lowest BCUT2D eigenvalue weighted by molar-refractivity contribution is 0.982. The average molecular weight is 306 g/mol. The van der Waals surface area contributed by atoms with Crippen LogP contribution in [0, 0.1) is 22.7 Å². The minimum Gasteiger partial charge on any atom is -0.245 e. The SMILES string of the molecule is CCC(CC)=C(C#N)c1cncnc1.N#CCc1cncnc1. The van der Waals surface area contributed by atoms with Crippen molar-refractivity contribution in [2.45, 2.75) is 33.1 Å². The lowest BCUT2D eigenvalue weighted by atomic mass is 10.00. The van der Waals surface area contributed by atoms with E-state index >= 15 is 0 Å². The molecule has 0 bridgehead atoms. The summed E-state index contributed by atoms with van der Waals surface area (Å²) in [7, 11) is 0. The zero-order valence-corrected chi connectivity index (χ0v) is 13.3. The molecule has 0 amide bonds. The number of allylic oxidation sites excluding steroid dienone is 2. The van der Waals surface area contributed by atoms with Gasteiger partial charge in [-0.3, -0.25) is 0 Å². The van der Waals surface area contributed by atoms with Crippen molar-refractivity contribution in [1.82, 2.24) is 19.9 Å². The summed E-state index contributed by atoms with van der Waals surface area (Å²) in [5.74, 6) is 0. The second-order valence-electron chi connectivity index (χ2n) is 4.51. The quantitative estimate of drug-likeness (QED) is 0.805. The molecule has 2 aromatic heterocycles. The lowest BCUT2D eigenvalue weighted by Crippen LogP contribution is -1.90. The van der Waals surface area contributed by atoms with E-state index < -0.39 is 0 Å². The number of hydrogen-bond acceptors (Lipinski definition) is 6. The first kappa shape index (κ1) is 17.9. The molecule has 0 atom stereocenters. The Morgan fingerprint density at radius 1 is 0.913 bits per heavy atom. The van der Waals surface area contributed by atoms with Crippen molar-refractivity contribution in [1.29, 1.82) is 10.5 Å². The molecule has 0 spiro atoms. The molecule has 23 heavy (non-hydrogen) atoms. The normalized spacial score (nSPS) is 8.87. The fourth-order valence-corrected chi connectivity index (χ4v) is 1.89. The topological polar surface area (TPSA) is 99.1 Å². The second kappa shape index (κ2) is 10.6. The fourth-order valence-electron chi connectivity index (χ4n) is 1.89. The van der Waals surface area contributed by atoms with Gasteiger partial charge in [0, 0.05) is 35.9 Å². The summed E-state index contributed by atoms with van der Waals surface area (Å²) in [6, 6.07) is 4.22. The van der Waals surface area contributed by atoms with E-state index in [0.29, 0.717) is 6.42 Å². The van der Waals surface area contributed by atoms with Gasteiger partial charge in [-0.1, -0.05) is 19.4 Å². The minimum atomic E-state index is 0.390. The summed E-state index contributed by atoms with van der Waals surface area (Å²) in [5.41, 5.74) is 3.55. The summed E-state index contributed by atoms with van der Waals surface area (Å²) in [6.45, 7) is 4.11. The van der Waals surface area contributed by atoms with Crippen molar-refractivity contribution in [3.05, 3.63) is 54.1 Å². The first-order chi connectivity index (χ1) is 11.3. The summed E-state index contributed by atoms with van der Waals surface area (Å²) < 4.78 is 0. The molecule has 0 radical (unpaired) electrons. The molecule has 6 heteroatoms. The summed E-state index contributed by atoms with van der Waals surface area (Å²) in [4.78, 5) is 15.3. The summed E-state index contributed by atoms with van der Waals surface area (Å²) in [6.07, 6.45) is 11.7. The van der Waals surface area contributed by atoms with E-state index in [-0.39, 0.29) is 0 Å². The molecule has 0 N–H and O–H groups in total.